The van der Waals surface area contributed by atoms with Crippen molar-refractivity contribution in [2.45, 2.75) is 51.6 Å². The molecule has 0 aromatic carbocycles. The zero-order chi connectivity index (χ0) is 23.4. The van der Waals surface area contributed by atoms with Crippen LogP contribution in [0.1, 0.15) is 58.3 Å². The predicted octanol–water partition coefficient (Wildman–Crippen LogP) is -3.32. The van der Waals surface area contributed by atoms with Gasteiger partial charge < -0.3 is 34.5 Å². The van der Waals surface area contributed by atoms with Crippen molar-refractivity contribution in [3.8, 4) is 59.7 Å². The molecule has 9 nitrogen and oxygen atoms in total. The number of phosphoric ester groups is 1. The molecular weight excluding hydrogens is 483 g/mol. The maximum atomic E-state index is 11.9. The first kappa shape index (κ1) is 40.0. The van der Waals surface area contributed by atoms with Gasteiger partial charge in [-0.3, -0.25) is 4.79 Å². The maximum Gasteiger partial charge on any atom is 1.00 e. The van der Waals surface area contributed by atoms with E-state index in [4.69, 9.17) is 15.9 Å². The van der Waals surface area contributed by atoms with Gasteiger partial charge in [-0.2, -0.15) is 0 Å². The van der Waals surface area contributed by atoms with E-state index in [1.54, 1.807) is 0 Å². The first-order chi connectivity index (χ1) is 14.8. The third-order valence-corrected chi connectivity index (χ3v) is 3.68. The number of esters is 2. The molecule has 0 amide bonds. The van der Waals surface area contributed by atoms with E-state index < -0.39 is 39.1 Å². The van der Waals surface area contributed by atoms with E-state index in [1.807, 2.05) is 5.92 Å². The van der Waals surface area contributed by atoms with Gasteiger partial charge in [0.25, 0.3) is 0 Å². The normalized spacial score (nSPS) is 9.24. The van der Waals surface area contributed by atoms with Gasteiger partial charge >= 0.3 is 71.1 Å². The van der Waals surface area contributed by atoms with E-state index in [-0.39, 0.29) is 84.5 Å². The van der Waals surface area contributed by atoms with Gasteiger partial charge in [-0.1, -0.05) is 32.6 Å². The monoisotopic (exact) mass is 525 g/mol. The fourth-order valence-electron chi connectivity index (χ4n) is 1.89. The molecule has 0 bridgehead atoms. The summed E-state index contributed by atoms with van der Waals surface area (Å²) in [5.74, 6) is 18.5. The van der Waals surface area contributed by atoms with E-state index in [9.17, 15) is 23.9 Å². The zero-order valence-corrected chi connectivity index (χ0v) is 24.6. The minimum Gasteiger partial charge on any atom is -0.790 e. The SMILES string of the molecule is C#CC#CC#CC#CC#CC(=O)OC[C@@H](COP(=O)([O-])[O-])OC(=O)CCCCCCC.N.[HH].[HH].[HH].[HH].[HH].[HH].[HH].[HH].[HH].[Na+].[Na+]. The largest absolute Gasteiger partial charge is 1.00 e. The molecule has 34 heavy (non-hydrogen) atoms. The number of hydrogen-bond acceptors (Lipinski definition) is 9. The molecule has 0 aliphatic rings. The fraction of sp³-hybridized carbons (Fsp3) is 0.455. The van der Waals surface area contributed by atoms with Crippen molar-refractivity contribution in [1.82, 2.24) is 6.15 Å². The summed E-state index contributed by atoms with van der Waals surface area (Å²) >= 11 is 0. The molecule has 0 heterocycles. The molecule has 0 rings (SSSR count). The van der Waals surface area contributed by atoms with Crippen LogP contribution >= 0.6 is 7.82 Å². The molecule has 3 N–H and O–H groups in total. The summed E-state index contributed by atoms with van der Waals surface area (Å²) in [4.78, 5) is 44.8. The van der Waals surface area contributed by atoms with E-state index >= 15 is 0 Å². The van der Waals surface area contributed by atoms with Gasteiger partial charge in [-0.05, 0) is 53.8 Å². The molecule has 0 saturated carbocycles. The van der Waals surface area contributed by atoms with E-state index in [2.05, 4.69) is 58.8 Å². The molecule has 0 unspecified atom stereocenters. The first-order valence-electron chi connectivity index (χ1n) is 9.28. The minimum absolute atomic E-state index is 0. The Kier molecular flexibility index (Phi) is 31.1. The molecule has 12 heteroatoms. The number of terminal acetylenes is 1. The molecule has 0 fully saturated rings. The Morgan fingerprint density at radius 3 is 2.06 bits per heavy atom. The molecule has 190 valence electrons. The van der Waals surface area contributed by atoms with Crippen LogP contribution in [0.2, 0.25) is 0 Å². The topological polar surface area (TPSA) is 160 Å². The van der Waals surface area contributed by atoms with Crippen molar-refractivity contribution in [3.63, 3.8) is 0 Å². The molecule has 0 aromatic rings. The van der Waals surface area contributed by atoms with Gasteiger partial charge in [0.15, 0.2) is 6.10 Å². The smallest absolute Gasteiger partial charge is 0.790 e. The summed E-state index contributed by atoms with van der Waals surface area (Å²) in [5.41, 5.74) is 0. The summed E-state index contributed by atoms with van der Waals surface area (Å²) in [5, 5.41) is 0. The van der Waals surface area contributed by atoms with Gasteiger partial charge in [-0.15, -0.1) is 6.42 Å². The van der Waals surface area contributed by atoms with Crippen LogP contribution in [0.25, 0.3) is 0 Å². The molecule has 0 spiro atoms. The number of carbonyl (C=O) groups is 2. The standard InChI is InChI=1S/C22H23O8P.H3N.2Na.9H2/c1-3-5-7-9-10-11-13-14-16-21(23)28-18-20(19-29-31(25,26)27)30-22(24)17-15-12-8-6-4-2;;;;;;;;;;;;/h1,20H,4,6,8,12,15,17-19H2,2H3,(H2,25,26,27);1H3;;;9*1H/q;;2*+1;;;;;;;;;/p-2/t20-;;;;;;;;;;;;/m0............/s1. The van der Waals surface area contributed by atoms with Crippen LogP contribution in [-0.4, -0.2) is 31.3 Å². The average Bonchev–Trinajstić information content (AvgIpc) is 2.71. The molecule has 0 radical (unpaired) electrons. The zero-order valence-electron chi connectivity index (χ0n) is 19.7. The number of unbranched alkanes of at least 4 members (excludes halogenated alkanes) is 4. The van der Waals surface area contributed by atoms with Crippen LogP contribution in [0.4, 0.5) is 0 Å². The average molecular weight is 526 g/mol. The second kappa shape index (κ2) is 26.4. The third-order valence-electron chi connectivity index (χ3n) is 3.21. The number of rotatable bonds is 12. The van der Waals surface area contributed by atoms with Crippen LogP contribution in [0.3, 0.4) is 0 Å². The summed E-state index contributed by atoms with van der Waals surface area (Å²) in [6.45, 7) is 0.735. The first-order valence-corrected chi connectivity index (χ1v) is 10.7. The van der Waals surface area contributed by atoms with Crippen molar-refractivity contribution < 1.29 is 110 Å². The van der Waals surface area contributed by atoms with Gasteiger partial charge in [0.05, 0.1) is 14.4 Å². The van der Waals surface area contributed by atoms with Crippen LogP contribution in [0.5, 0.6) is 0 Å². The summed E-state index contributed by atoms with van der Waals surface area (Å²) in [7, 11) is -5.29. The molecule has 0 aliphatic heterocycles. The van der Waals surface area contributed by atoms with Crippen LogP contribution < -0.4 is 75.1 Å². The van der Waals surface area contributed by atoms with Crippen molar-refractivity contribution in [2.24, 2.45) is 0 Å². The molecule has 0 aliphatic carbocycles. The van der Waals surface area contributed by atoms with Crippen LogP contribution in [0, 0.1) is 59.7 Å². The molecule has 1 atom stereocenters. The quantitative estimate of drug-likeness (QED) is 0.0687. The second-order valence-electron chi connectivity index (χ2n) is 5.76. The third kappa shape index (κ3) is 28.8. The van der Waals surface area contributed by atoms with Crippen molar-refractivity contribution in [1.29, 1.82) is 0 Å². The van der Waals surface area contributed by atoms with E-state index in [0.29, 0.717) is 6.42 Å². The van der Waals surface area contributed by atoms with E-state index in [1.165, 1.54) is 0 Å². The molecule has 0 aromatic heterocycles. The number of phosphoric acid groups is 1. The number of carbonyl (C=O) groups excluding carboxylic acids is 2. The Hall–Kier alpha value is -1.19. The Morgan fingerprint density at radius 2 is 1.50 bits per heavy atom. The van der Waals surface area contributed by atoms with Gasteiger partial charge in [0.2, 0.25) is 0 Å². The van der Waals surface area contributed by atoms with E-state index in [0.717, 1.165) is 25.7 Å². The summed E-state index contributed by atoms with van der Waals surface area (Å²) in [6, 6.07) is 0. The summed E-state index contributed by atoms with van der Waals surface area (Å²) in [6.07, 6.45) is 8.24. The summed E-state index contributed by atoms with van der Waals surface area (Å²) < 4.78 is 24.6. The number of ether oxygens (including phenoxy) is 2. The Labute approximate surface area is 259 Å². The predicted molar refractivity (Wildman–Crippen MR) is 132 cm³/mol. The fourth-order valence-corrected chi connectivity index (χ4v) is 2.24. The van der Waals surface area contributed by atoms with Crippen molar-refractivity contribution in [3.05, 3.63) is 0 Å². The molecule has 0 saturated heterocycles. The van der Waals surface area contributed by atoms with Gasteiger partial charge in [-0.25, -0.2) is 4.79 Å². The number of hydrogen-bond donors (Lipinski definition) is 1. The second-order valence-corrected chi connectivity index (χ2v) is 6.91. The Morgan fingerprint density at radius 1 is 0.941 bits per heavy atom. The van der Waals surface area contributed by atoms with Crippen LogP contribution in [0.15, 0.2) is 0 Å². The minimum atomic E-state index is -5.29. The van der Waals surface area contributed by atoms with Gasteiger partial charge in [0.1, 0.15) is 6.61 Å². The Bertz CT molecular complexity index is 975. The van der Waals surface area contributed by atoms with Crippen LogP contribution in [-0.2, 0) is 28.2 Å². The van der Waals surface area contributed by atoms with Crippen molar-refractivity contribution in [2.75, 3.05) is 13.2 Å². The Balaban J connectivity index is -0.0000000682. The van der Waals surface area contributed by atoms with Gasteiger partial charge in [0, 0.05) is 25.2 Å². The molecular formula is C22H42NNa2O8P. The maximum absolute atomic E-state index is 11.9. The van der Waals surface area contributed by atoms with Crippen molar-refractivity contribution >= 4 is 19.8 Å².